The number of nitrogens with one attached hydrogen (secondary N) is 2. The molecule has 0 aromatic heterocycles. The van der Waals surface area contributed by atoms with Gasteiger partial charge in [-0.1, -0.05) is 27.2 Å². The second-order valence-electron chi connectivity index (χ2n) is 3.73. The Morgan fingerprint density at radius 3 is 2.43 bits per heavy atom. The Balaban J connectivity index is 3.34. The van der Waals surface area contributed by atoms with E-state index in [-0.39, 0.29) is 11.8 Å². The largest absolute Gasteiger partial charge is 0.355 e. The lowest BCUT2D eigenvalue weighted by Gasteiger charge is -2.11. The molecule has 0 heterocycles. The van der Waals surface area contributed by atoms with E-state index in [1.807, 2.05) is 6.92 Å². The average molecular weight is 200 g/mol. The quantitative estimate of drug-likeness (QED) is 0.584. The third-order valence-corrected chi connectivity index (χ3v) is 2.20. The zero-order chi connectivity index (χ0) is 10.8. The van der Waals surface area contributed by atoms with Crippen molar-refractivity contribution in [3.8, 4) is 0 Å². The highest BCUT2D eigenvalue weighted by molar-refractivity contribution is 5.78. The molecule has 0 aliphatic rings. The summed E-state index contributed by atoms with van der Waals surface area (Å²) in [6.07, 6.45) is 3.19. The van der Waals surface area contributed by atoms with E-state index >= 15 is 0 Å². The molecule has 1 unspecified atom stereocenters. The Labute approximate surface area is 87.6 Å². The van der Waals surface area contributed by atoms with Crippen LogP contribution in [0, 0.1) is 5.92 Å². The van der Waals surface area contributed by atoms with E-state index in [2.05, 4.69) is 24.5 Å². The van der Waals surface area contributed by atoms with Crippen molar-refractivity contribution in [2.45, 2.75) is 40.0 Å². The highest BCUT2D eigenvalue weighted by Crippen LogP contribution is 2.03. The Morgan fingerprint density at radius 2 is 1.86 bits per heavy atom. The second-order valence-corrected chi connectivity index (χ2v) is 3.73. The first kappa shape index (κ1) is 13.4. The molecule has 0 saturated heterocycles. The first-order valence-electron chi connectivity index (χ1n) is 5.70. The fourth-order valence-corrected chi connectivity index (χ4v) is 1.31. The maximum absolute atomic E-state index is 11.4. The zero-order valence-corrected chi connectivity index (χ0v) is 9.73. The van der Waals surface area contributed by atoms with Gasteiger partial charge in [-0.25, -0.2) is 0 Å². The molecule has 0 bridgehead atoms. The summed E-state index contributed by atoms with van der Waals surface area (Å²) in [6.45, 7) is 8.87. The molecule has 0 fully saturated rings. The molecule has 84 valence electrons. The molecule has 0 rings (SSSR count). The molecule has 2 N–H and O–H groups in total. The molecule has 3 heteroatoms. The van der Waals surface area contributed by atoms with Crippen LogP contribution in [0.5, 0.6) is 0 Å². The summed E-state index contributed by atoms with van der Waals surface area (Å²) in [4.78, 5) is 11.4. The topological polar surface area (TPSA) is 41.1 Å². The van der Waals surface area contributed by atoms with Crippen molar-refractivity contribution >= 4 is 5.91 Å². The minimum atomic E-state index is 0.158. The molecule has 1 amide bonds. The second kappa shape index (κ2) is 9.00. The zero-order valence-electron chi connectivity index (χ0n) is 9.73. The lowest BCUT2D eigenvalue weighted by atomic mass is 10.1. The molecule has 0 aliphatic heterocycles. The van der Waals surface area contributed by atoms with Crippen LogP contribution in [-0.2, 0) is 4.79 Å². The summed E-state index contributed by atoms with van der Waals surface area (Å²) in [5.41, 5.74) is 0. The van der Waals surface area contributed by atoms with Crippen molar-refractivity contribution in [3.05, 3.63) is 0 Å². The number of hydrogen-bond donors (Lipinski definition) is 2. The van der Waals surface area contributed by atoms with Crippen LogP contribution in [0.3, 0.4) is 0 Å². The standard InChI is InChI=1S/C11H24N2O/c1-4-6-10(3)11(14)13-9-8-12-7-5-2/h10,12H,4-9H2,1-3H3,(H,13,14). The fraction of sp³-hybridized carbons (Fsp3) is 0.909. The van der Waals surface area contributed by atoms with Crippen molar-refractivity contribution in [1.29, 1.82) is 0 Å². The Bertz CT molecular complexity index is 148. The average Bonchev–Trinajstić information content (AvgIpc) is 2.17. The van der Waals surface area contributed by atoms with Crippen molar-refractivity contribution in [2.24, 2.45) is 5.92 Å². The van der Waals surface area contributed by atoms with Crippen molar-refractivity contribution in [2.75, 3.05) is 19.6 Å². The van der Waals surface area contributed by atoms with Gasteiger partial charge in [-0.05, 0) is 19.4 Å². The van der Waals surface area contributed by atoms with E-state index in [1.54, 1.807) is 0 Å². The highest BCUT2D eigenvalue weighted by Gasteiger charge is 2.09. The number of carbonyl (C=O) groups is 1. The van der Waals surface area contributed by atoms with E-state index in [1.165, 1.54) is 0 Å². The van der Waals surface area contributed by atoms with Crippen molar-refractivity contribution in [1.82, 2.24) is 10.6 Å². The van der Waals surface area contributed by atoms with Gasteiger partial charge in [0.1, 0.15) is 0 Å². The Morgan fingerprint density at radius 1 is 1.14 bits per heavy atom. The molecule has 0 spiro atoms. The first-order chi connectivity index (χ1) is 6.72. The summed E-state index contributed by atoms with van der Waals surface area (Å²) in [7, 11) is 0. The summed E-state index contributed by atoms with van der Waals surface area (Å²) < 4.78 is 0. The van der Waals surface area contributed by atoms with Crippen LogP contribution >= 0.6 is 0 Å². The normalized spacial score (nSPS) is 12.5. The third-order valence-electron chi connectivity index (χ3n) is 2.20. The van der Waals surface area contributed by atoms with Gasteiger partial charge in [-0.2, -0.15) is 0 Å². The van der Waals surface area contributed by atoms with E-state index in [0.29, 0.717) is 0 Å². The maximum Gasteiger partial charge on any atom is 0.222 e. The van der Waals surface area contributed by atoms with Crippen molar-refractivity contribution < 1.29 is 4.79 Å². The predicted octanol–water partition coefficient (Wildman–Crippen LogP) is 1.54. The summed E-state index contributed by atoms with van der Waals surface area (Å²) >= 11 is 0. The van der Waals surface area contributed by atoms with Gasteiger partial charge < -0.3 is 10.6 Å². The van der Waals surface area contributed by atoms with Crippen LogP contribution in [0.4, 0.5) is 0 Å². The minimum absolute atomic E-state index is 0.158. The molecule has 0 aliphatic carbocycles. The van der Waals surface area contributed by atoms with E-state index in [0.717, 1.165) is 38.9 Å². The first-order valence-corrected chi connectivity index (χ1v) is 5.70. The summed E-state index contributed by atoms with van der Waals surface area (Å²) in [6, 6.07) is 0. The lowest BCUT2D eigenvalue weighted by molar-refractivity contribution is -0.124. The number of amides is 1. The Hall–Kier alpha value is -0.570. The SMILES string of the molecule is CCCNCCNC(=O)C(C)CCC. The van der Waals surface area contributed by atoms with Gasteiger partial charge in [-0.15, -0.1) is 0 Å². The molecular formula is C11H24N2O. The van der Waals surface area contributed by atoms with E-state index in [4.69, 9.17) is 0 Å². The van der Waals surface area contributed by atoms with Gasteiger partial charge in [0.05, 0.1) is 0 Å². The molecule has 3 nitrogen and oxygen atoms in total. The molecular weight excluding hydrogens is 176 g/mol. The van der Waals surface area contributed by atoms with Crippen LogP contribution in [0.15, 0.2) is 0 Å². The van der Waals surface area contributed by atoms with Crippen LogP contribution in [0.2, 0.25) is 0 Å². The number of rotatable bonds is 8. The summed E-state index contributed by atoms with van der Waals surface area (Å²) in [5.74, 6) is 0.344. The molecule has 0 aromatic rings. The van der Waals surface area contributed by atoms with E-state index in [9.17, 15) is 4.79 Å². The van der Waals surface area contributed by atoms with Crippen LogP contribution in [0.1, 0.15) is 40.0 Å². The predicted molar refractivity (Wildman–Crippen MR) is 60.2 cm³/mol. The molecule has 0 radical (unpaired) electrons. The number of hydrogen-bond acceptors (Lipinski definition) is 2. The fourth-order valence-electron chi connectivity index (χ4n) is 1.31. The smallest absolute Gasteiger partial charge is 0.222 e. The van der Waals surface area contributed by atoms with Gasteiger partial charge in [0, 0.05) is 19.0 Å². The number of carbonyl (C=O) groups excluding carboxylic acids is 1. The van der Waals surface area contributed by atoms with Crippen LogP contribution in [-0.4, -0.2) is 25.5 Å². The molecule has 14 heavy (non-hydrogen) atoms. The van der Waals surface area contributed by atoms with Gasteiger partial charge in [0.2, 0.25) is 5.91 Å². The van der Waals surface area contributed by atoms with Gasteiger partial charge >= 0.3 is 0 Å². The molecule has 0 aromatic carbocycles. The third kappa shape index (κ3) is 6.89. The highest BCUT2D eigenvalue weighted by atomic mass is 16.1. The van der Waals surface area contributed by atoms with Gasteiger partial charge in [-0.3, -0.25) is 4.79 Å². The van der Waals surface area contributed by atoms with Crippen LogP contribution < -0.4 is 10.6 Å². The van der Waals surface area contributed by atoms with Crippen LogP contribution in [0.25, 0.3) is 0 Å². The molecule has 0 saturated carbocycles. The van der Waals surface area contributed by atoms with E-state index < -0.39 is 0 Å². The Kier molecular flexibility index (Phi) is 8.64. The maximum atomic E-state index is 11.4. The monoisotopic (exact) mass is 200 g/mol. The van der Waals surface area contributed by atoms with Gasteiger partial charge in [0.25, 0.3) is 0 Å². The summed E-state index contributed by atoms with van der Waals surface area (Å²) in [5, 5.41) is 6.17. The van der Waals surface area contributed by atoms with Crippen molar-refractivity contribution in [3.63, 3.8) is 0 Å². The molecule has 1 atom stereocenters. The lowest BCUT2D eigenvalue weighted by Crippen LogP contribution is -2.35. The minimum Gasteiger partial charge on any atom is -0.355 e. The van der Waals surface area contributed by atoms with Gasteiger partial charge in [0.15, 0.2) is 0 Å².